The highest BCUT2D eigenvalue weighted by Gasteiger charge is 2.07. The second-order valence-corrected chi connectivity index (χ2v) is 4.48. The first kappa shape index (κ1) is 12.2. The molecule has 20 heavy (non-hydrogen) atoms. The average molecular weight is 267 g/mol. The monoisotopic (exact) mass is 267 g/mol. The Hall–Kier alpha value is -2.82. The van der Waals surface area contributed by atoms with E-state index in [4.69, 9.17) is 0 Å². The van der Waals surface area contributed by atoms with Crippen molar-refractivity contribution in [1.29, 1.82) is 0 Å². The van der Waals surface area contributed by atoms with Gasteiger partial charge in [0.2, 0.25) is 5.56 Å². The number of hydrogen-bond donors (Lipinski definition) is 3. The molecule has 0 spiro atoms. The van der Waals surface area contributed by atoms with Gasteiger partial charge in [-0.05, 0) is 17.7 Å². The Morgan fingerprint density at radius 2 is 1.90 bits per heavy atom. The van der Waals surface area contributed by atoms with E-state index in [2.05, 4.69) is 15.3 Å². The highest BCUT2D eigenvalue weighted by molar-refractivity contribution is 5.94. The molecule has 3 N–H and O–H groups in total. The lowest BCUT2D eigenvalue weighted by Crippen LogP contribution is -2.23. The largest absolute Gasteiger partial charge is 0.361 e. The van der Waals surface area contributed by atoms with Crippen LogP contribution in [0.2, 0.25) is 0 Å². The van der Waals surface area contributed by atoms with Crippen LogP contribution >= 0.6 is 0 Å². The summed E-state index contributed by atoms with van der Waals surface area (Å²) in [5, 5.41) is 3.92. The van der Waals surface area contributed by atoms with Crippen molar-refractivity contribution >= 4 is 16.8 Å². The summed E-state index contributed by atoms with van der Waals surface area (Å²) < 4.78 is 0. The van der Waals surface area contributed by atoms with E-state index in [-0.39, 0.29) is 11.5 Å². The fraction of sp³-hybridized carbons (Fsp3) is 0.0667. The van der Waals surface area contributed by atoms with Crippen molar-refractivity contribution in [2.75, 3.05) is 0 Å². The molecule has 5 heteroatoms. The molecule has 0 fully saturated rings. The van der Waals surface area contributed by atoms with Gasteiger partial charge in [-0.2, -0.15) is 0 Å². The number of aromatic nitrogens is 2. The van der Waals surface area contributed by atoms with Gasteiger partial charge in [-0.3, -0.25) is 9.59 Å². The first-order chi connectivity index (χ1) is 9.74. The van der Waals surface area contributed by atoms with E-state index in [0.29, 0.717) is 12.1 Å². The zero-order chi connectivity index (χ0) is 13.9. The van der Waals surface area contributed by atoms with Gasteiger partial charge in [0.05, 0.1) is 5.56 Å². The lowest BCUT2D eigenvalue weighted by molar-refractivity contribution is 0.0950. The minimum atomic E-state index is -0.224. The van der Waals surface area contributed by atoms with E-state index in [0.717, 1.165) is 16.5 Å². The highest BCUT2D eigenvalue weighted by Crippen LogP contribution is 2.17. The first-order valence-electron chi connectivity index (χ1n) is 6.26. The number of rotatable bonds is 3. The summed E-state index contributed by atoms with van der Waals surface area (Å²) in [5.41, 5.74) is 2.28. The normalized spacial score (nSPS) is 10.6. The van der Waals surface area contributed by atoms with Crippen molar-refractivity contribution in [2.24, 2.45) is 0 Å². The number of nitrogens with one attached hydrogen (secondary N) is 3. The summed E-state index contributed by atoms with van der Waals surface area (Å²) in [6.07, 6.45) is 3.30. The van der Waals surface area contributed by atoms with E-state index in [1.807, 2.05) is 30.5 Å². The van der Waals surface area contributed by atoms with Crippen LogP contribution in [0.1, 0.15) is 15.9 Å². The summed E-state index contributed by atoms with van der Waals surface area (Å²) in [5.74, 6) is -0.216. The lowest BCUT2D eigenvalue weighted by Gasteiger charge is -2.04. The van der Waals surface area contributed by atoms with Gasteiger partial charge in [0.1, 0.15) is 0 Å². The maximum Gasteiger partial charge on any atom is 0.253 e. The van der Waals surface area contributed by atoms with Crippen molar-refractivity contribution in [1.82, 2.24) is 15.3 Å². The minimum absolute atomic E-state index is 0.216. The Bertz CT molecular complexity index is 797. The van der Waals surface area contributed by atoms with Crippen LogP contribution in [0.25, 0.3) is 10.9 Å². The third-order valence-corrected chi connectivity index (χ3v) is 3.16. The third kappa shape index (κ3) is 2.33. The van der Waals surface area contributed by atoms with E-state index in [9.17, 15) is 9.59 Å². The Balaban J connectivity index is 1.74. The molecule has 0 saturated carbocycles. The van der Waals surface area contributed by atoms with Gasteiger partial charge in [0, 0.05) is 35.9 Å². The van der Waals surface area contributed by atoms with Crippen LogP contribution in [0.15, 0.2) is 53.6 Å². The topological polar surface area (TPSA) is 77.8 Å². The van der Waals surface area contributed by atoms with Gasteiger partial charge in [0.25, 0.3) is 5.91 Å². The third-order valence-electron chi connectivity index (χ3n) is 3.16. The van der Waals surface area contributed by atoms with Gasteiger partial charge in [-0.25, -0.2) is 0 Å². The molecule has 1 amide bonds. The van der Waals surface area contributed by atoms with Gasteiger partial charge >= 0.3 is 0 Å². The van der Waals surface area contributed by atoms with E-state index >= 15 is 0 Å². The second-order valence-electron chi connectivity index (χ2n) is 4.48. The van der Waals surface area contributed by atoms with Crippen LogP contribution in [0, 0.1) is 0 Å². The molecular formula is C15H13N3O2. The Morgan fingerprint density at radius 3 is 2.70 bits per heavy atom. The van der Waals surface area contributed by atoms with Crippen LogP contribution in [0.4, 0.5) is 0 Å². The summed E-state index contributed by atoms with van der Waals surface area (Å²) in [6, 6.07) is 10.8. The molecule has 5 nitrogen and oxygen atoms in total. The van der Waals surface area contributed by atoms with E-state index < -0.39 is 0 Å². The molecule has 3 rings (SSSR count). The van der Waals surface area contributed by atoms with Crippen molar-refractivity contribution in [3.63, 3.8) is 0 Å². The molecule has 0 aliphatic heterocycles. The number of pyridine rings is 1. The van der Waals surface area contributed by atoms with Crippen LogP contribution in [-0.4, -0.2) is 15.9 Å². The zero-order valence-corrected chi connectivity index (χ0v) is 10.6. The van der Waals surface area contributed by atoms with Crippen molar-refractivity contribution in [3.05, 3.63) is 70.3 Å². The molecule has 1 aromatic carbocycles. The SMILES string of the molecule is O=C(NCc1c[nH]c2ccccc12)c1ccc(=O)[nH]c1. The van der Waals surface area contributed by atoms with E-state index in [1.54, 1.807) is 0 Å². The number of para-hydroxylation sites is 1. The Labute approximate surface area is 114 Å². The van der Waals surface area contributed by atoms with Gasteiger partial charge in [-0.15, -0.1) is 0 Å². The average Bonchev–Trinajstić information content (AvgIpc) is 2.89. The molecule has 3 aromatic rings. The second kappa shape index (κ2) is 5.05. The van der Waals surface area contributed by atoms with Crippen molar-refractivity contribution < 1.29 is 4.79 Å². The maximum atomic E-state index is 11.9. The van der Waals surface area contributed by atoms with E-state index in [1.165, 1.54) is 18.3 Å². The van der Waals surface area contributed by atoms with Crippen molar-refractivity contribution in [2.45, 2.75) is 6.54 Å². The quantitative estimate of drug-likeness (QED) is 0.676. The van der Waals surface area contributed by atoms with Crippen LogP contribution < -0.4 is 10.9 Å². The van der Waals surface area contributed by atoms with Crippen LogP contribution in [0.5, 0.6) is 0 Å². The van der Waals surface area contributed by atoms with Crippen LogP contribution in [0.3, 0.4) is 0 Å². The smallest absolute Gasteiger partial charge is 0.253 e. The predicted molar refractivity (Wildman–Crippen MR) is 76.5 cm³/mol. The number of hydrogen-bond acceptors (Lipinski definition) is 2. The van der Waals surface area contributed by atoms with Gasteiger partial charge in [0.15, 0.2) is 0 Å². The fourth-order valence-electron chi connectivity index (χ4n) is 2.11. The highest BCUT2D eigenvalue weighted by atomic mass is 16.1. The number of amides is 1. The first-order valence-corrected chi connectivity index (χ1v) is 6.26. The summed E-state index contributed by atoms with van der Waals surface area (Å²) in [6.45, 7) is 0.433. The molecule has 0 radical (unpaired) electrons. The fourth-order valence-corrected chi connectivity index (χ4v) is 2.11. The predicted octanol–water partition coefficient (Wildman–Crippen LogP) is 1.79. The number of carbonyl (C=O) groups is 1. The Kier molecular flexibility index (Phi) is 3.09. The number of benzene rings is 1. The minimum Gasteiger partial charge on any atom is -0.361 e. The molecule has 0 aliphatic carbocycles. The molecule has 0 aliphatic rings. The van der Waals surface area contributed by atoms with Crippen molar-refractivity contribution in [3.8, 4) is 0 Å². The summed E-state index contributed by atoms with van der Waals surface area (Å²) >= 11 is 0. The Morgan fingerprint density at radius 1 is 1.05 bits per heavy atom. The number of aromatic amines is 2. The maximum absolute atomic E-state index is 11.9. The summed E-state index contributed by atoms with van der Waals surface area (Å²) in [4.78, 5) is 28.5. The summed E-state index contributed by atoms with van der Waals surface area (Å²) in [7, 11) is 0. The molecule has 2 heterocycles. The molecule has 0 atom stereocenters. The number of fused-ring (bicyclic) bond motifs is 1. The van der Waals surface area contributed by atoms with Gasteiger partial charge < -0.3 is 15.3 Å². The molecule has 0 unspecified atom stereocenters. The molecular weight excluding hydrogens is 254 g/mol. The van der Waals surface area contributed by atoms with Gasteiger partial charge in [-0.1, -0.05) is 18.2 Å². The molecule has 100 valence electrons. The number of carbonyl (C=O) groups excluding carboxylic acids is 1. The molecule has 0 bridgehead atoms. The standard InChI is InChI=1S/C15H13N3O2/c19-14-6-5-10(7-17-14)15(20)18-9-11-8-16-13-4-2-1-3-12(11)13/h1-8,16H,9H2,(H,17,19)(H,18,20). The molecule has 2 aromatic heterocycles. The number of H-pyrrole nitrogens is 2. The van der Waals surface area contributed by atoms with Crippen LogP contribution in [-0.2, 0) is 6.54 Å². The lowest BCUT2D eigenvalue weighted by atomic mass is 10.1. The molecule has 0 saturated heterocycles. The zero-order valence-electron chi connectivity index (χ0n) is 10.6.